The van der Waals surface area contributed by atoms with Gasteiger partial charge in [0.25, 0.3) is 0 Å². The van der Waals surface area contributed by atoms with E-state index < -0.39 is 6.10 Å². The van der Waals surface area contributed by atoms with Gasteiger partial charge < -0.3 is 19.3 Å². The quantitative estimate of drug-likeness (QED) is 0.466. The molecule has 6 nitrogen and oxygen atoms in total. The van der Waals surface area contributed by atoms with Crippen molar-refractivity contribution in [3.05, 3.63) is 40.5 Å². The summed E-state index contributed by atoms with van der Waals surface area (Å²) in [5.74, 6) is 2.04. The molecule has 2 aromatic heterocycles. The summed E-state index contributed by atoms with van der Waals surface area (Å²) in [5.41, 5.74) is 2.41. The molecule has 1 aliphatic carbocycles. The number of hydrogen-bond donors (Lipinski definition) is 1. The number of thioether (sulfide) groups is 1. The molecule has 2 aliphatic rings. The molecule has 1 N–H and O–H groups in total. The fourth-order valence-electron chi connectivity index (χ4n) is 3.58. The van der Waals surface area contributed by atoms with E-state index in [0.29, 0.717) is 12.4 Å². The number of aryl methyl sites for hydroxylation is 2. The summed E-state index contributed by atoms with van der Waals surface area (Å²) >= 11 is 3.36. The van der Waals surface area contributed by atoms with Crippen molar-refractivity contribution in [2.45, 2.75) is 37.0 Å². The van der Waals surface area contributed by atoms with E-state index in [1.165, 1.54) is 22.2 Å². The summed E-state index contributed by atoms with van der Waals surface area (Å²) in [6.45, 7) is 0.963. The van der Waals surface area contributed by atoms with E-state index in [-0.39, 0.29) is 13.4 Å². The van der Waals surface area contributed by atoms with Crippen LogP contribution >= 0.6 is 23.1 Å². The Kier molecular flexibility index (Phi) is 5.11. The zero-order chi connectivity index (χ0) is 18.9. The Morgan fingerprint density at radius 1 is 1.21 bits per heavy atom. The number of aliphatic hydroxyl groups excluding tert-OH is 1. The summed E-state index contributed by atoms with van der Waals surface area (Å²) < 4.78 is 16.4. The van der Waals surface area contributed by atoms with Crippen LogP contribution in [-0.4, -0.2) is 40.3 Å². The Labute approximate surface area is 170 Å². The Hall–Kier alpha value is -1.87. The number of benzene rings is 1. The first-order valence-electron chi connectivity index (χ1n) is 9.30. The minimum atomic E-state index is -0.560. The van der Waals surface area contributed by atoms with Crippen LogP contribution in [0.4, 0.5) is 0 Å². The molecule has 0 fully saturated rings. The molecule has 5 rings (SSSR count). The number of rotatable bonds is 7. The van der Waals surface area contributed by atoms with Crippen LogP contribution < -0.4 is 9.47 Å². The topological polar surface area (TPSA) is 73.7 Å². The van der Waals surface area contributed by atoms with Crippen LogP contribution in [0.25, 0.3) is 10.2 Å². The number of thiophene rings is 1. The standard InChI is InChI=1S/C20H20N2O4S2/c23-13(8-24-7-12-4-5-15-16(6-12)26-11-25-15)9-27-19-18-14-2-1-3-17(14)28-20(18)22-10-21-19/h4-6,10,13,23H,1-3,7-9,11H2/t13-/m0/s1. The molecule has 8 heteroatoms. The molecular formula is C20H20N2O4S2. The largest absolute Gasteiger partial charge is 0.454 e. The minimum absolute atomic E-state index is 0.263. The second-order valence-corrected chi connectivity index (χ2v) is 8.98. The highest BCUT2D eigenvalue weighted by Gasteiger charge is 2.21. The van der Waals surface area contributed by atoms with Crippen molar-refractivity contribution >= 4 is 33.3 Å². The molecule has 0 amide bonds. The molecular weight excluding hydrogens is 396 g/mol. The van der Waals surface area contributed by atoms with Crippen LogP contribution in [-0.2, 0) is 24.2 Å². The van der Waals surface area contributed by atoms with Crippen LogP contribution in [0.2, 0.25) is 0 Å². The predicted octanol–water partition coefficient (Wildman–Crippen LogP) is 3.58. The number of aliphatic hydroxyl groups is 1. The zero-order valence-electron chi connectivity index (χ0n) is 15.2. The lowest BCUT2D eigenvalue weighted by Gasteiger charge is -2.11. The van der Waals surface area contributed by atoms with Gasteiger partial charge in [-0.25, -0.2) is 9.97 Å². The molecule has 1 aliphatic heterocycles. The van der Waals surface area contributed by atoms with Gasteiger partial charge in [0.2, 0.25) is 6.79 Å². The minimum Gasteiger partial charge on any atom is -0.454 e. The molecule has 1 atom stereocenters. The molecule has 3 aromatic rings. The van der Waals surface area contributed by atoms with Crippen molar-refractivity contribution in [2.24, 2.45) is 0 Å². The number of ether oxygens (including phenoxy) is 3. The van der Waals surface area contributed by atoms with Gasteiger partial charge in [-0.1, -0.05) is 6.07 Å². The highest BCUT2D eigenvalue weighted by Crippen LogP contribution is 2.40. The maximum absolute atomic E-state index is 10.3. The summed E-state index contributed by atoms with van der Waals surface area (Å²) in [7, 11) is 0. The highest BCUT2D eigenvalue weighted by molar-refractivity contribution is 7.99. The normalized spacial score (nSPS) is 15.9. The fraction of sp³-hybridized carbons (Fsp3) is 0.400. The second kappa shape index (κ2) is 7.87. The van der Waals surface area contributed by atoms with Gasteiger partial charge >= 0.3 is 0 Å². The number of fused-ring (bicyclic) bond motifs is 4. The molecule has 0 saturated carbocycles. The van der Waals surface area contributed by atoms with Gasteiger partial charge in [0.1, 0.15) is 16.2 Å². The molecule has 0 saturated heterocycles. The summed E-state index contributed by atoms with van der Waals surface area (Å²) in [5, 5.41) is 12.5. The van der Waals surface area contributed by atoms with E-state index in [1.54, 1.807) is 29.4 Å². The summed E-state index contributed by atoms with van der Waals surface area (Å²) in [6.07, 6.45) is 4.54. The van der Waals surface area contributed by atoms with Crippen molar-refractivity contribution < 1.29 is 19.3 Å². The van der Waals surface area contributed by atoms with Crippen molar-refractivity contribution in [1.29, 1.82) is 0 Å². The van der Waals surface area contributed by atoms with Crippen LogP contribution in [0.1, 0.15) is 22.4 Å². The molecule has 0 radical (unpaired) electrons. The van der Waals surface area contributed by atoms with Gasteiger partial charge in [-0.15, -0.1) is 23.1 Å². The molecule has 28 heavy (non-hydrogen) atoms. The average molecular weight is 417 g/mol. The first kappa shape index (κ1) is 18.2. The SMILES string of the molecule is O[C@@H](COCc1ccc2c(c1)OCO2)CSc1ncnc2sc3c(c12)CCC3. The van der Waals surface area contributed by atoms with Crippen molar-refractivity contribution in [3.8, 4) is 11.5 Å². The highest BCUT2D eigenvalue weighted by atomic mass is 32.2. The van der Waals surface area contributed by atoms with Crippen molar-refractivity contribution in [1.82, 2.24) is 9.97 Å². The number of nitrogens with zero attached hydrogens (tertiary/aromatic N) is 2. The van der Waals surface area contributed by atoms with Crippen LogP contribution in [0.5, 0.6) is 11.5 Å². The molecule has 3 heterocycles. The number of hydrogen-bond acceptors (Lipinski definition) is 8. The predicted molar refractivity (Wildman–Crippen MR) is 108 cm³/mol. The van der Waals surface area contributed by atoms with Crippen LogP contribution in [0.3, 0.4) is 0 Å². The monoisotopic (exact) mass is 416 g/mol. The van der Waals surface area contributed by atoms with Gasteiger partial charge in [0, 0.05) is 16.0 Å². The molecule has 0 bridgehead atoms. The Morgan fingerprint density at radius 3 is 3.11 bits per heavy atom. The van der Waals surface area contributed by atoms with Gasteiger partial charge in [-0.3, -0.25) is 0 Å². The van der Waals surface area contributed by atoms with Crippen LogP contribution in [0, 0.1) is 0 Å². The lowest BCUT2D eigenvalue weighted by Crippen LogP contribution is -2.18. The van der Waals surface area contributed by atoms with E-state index in [1.807, 2.05) is 18.2 Å². The smallest absolute Gasteiger partial charge is 0.231 e. The van der Waals surface area contributed by atoms with E-state index in [4.69, 9.17) is 14.2 Å². The third kappa shape index (κ3) is 3.57. The second-order valence-electron chi connectivity index (χ2n) is 6.88. The zero-order valence-corrected chi connectivity index (χ0v) is 16.9. The lowest BCUT2D eigenvalue weighted by atomic mass is 10.2. The van der Waals surface area contributed by atoms with Gasteiger partial charge in [0.05, 0.1) is 19.3 Å². The Bertz CT molecular complexity index is 1010. The maximum Gasteiger partial charge on any atom is 0.231 e. The first-order valence-corrected chi connectivity index (χ1v) is 11.1. The summed E-state index contributed by atoms with van der Waals surface area (Å²) in [6, 6.07) is 5.74. The van der Waals surface area contributed by atoms with Crippen LogP contribution in [0.15, 0.2) is 29.6 Å². The third-order valence-electron chi connectivity index (χ3n) is 4.89. The fourth-order valence-corrected chi connectivity index (χ4v) is 5.80. The van der Waals surface area contributed by atoms with Gasteiger partial charge in [-0.05, 0) is 42.5 Å². The van der Waals surface area contributed by atoms with E-state index in [0.717, 1.165) is 39.8 Å². The molecule has 146 valence electrons. The van der Waals surface area contributed by atoms with Gasteiger partial charge in [-0.2, -0.15) is 0 Å². The molecule has 1 aromatic carbocycles. The van der Waals surface area contributed by atoms with E-state index >= 15 is 0 Å². The average Bonchev–Trinajstić information content (AvgIpc) is 3.41. The third-order valence-corrected chi connectivity index (χ3v) is 7.23. The van der Waals surface area contributed by atoms with E-state index in [9.17, 15) is 5.11 Å². The lowest BCUT2D eigenvalue weighted by molar-refractivity contribution is 0.0397. The first-order chi connectivity index (χ1) is 13.8. The molecule has 0 spiro atoms. The molecule has 0 unspecified atom stereocenters. The summed E-state index contributed by atoms with van der Waals surface area (Å²) in [4.78, 5) is 11.4. The number of aromatic nitrogens is 2. The Balaban J connectivity index is 1.16. The maximum atomic E-state index is 10.3. The Morgan fingerprint density at radius 2 is 2.14 bits per heavy atom. The van der Waals surface area contributed by atoms with Crippen molar-refractivity contribution in [3.63, 3.8) is 0 Å². The van der Waals surface area contributed by atoms with Crippen molar-refractivity contribution in [2.75, 3.05) is 19.2 Å². The van der Waals surface area contributed by atoms with E-state index in [2.05, 4.69) is 9.97 Å². The van der Waals surface area contributed by atoms with Gasteiger partial charge in [0.15, 0.2) is 11.5 Å².